The van der Waals surface area contributed by atoms with Crippen molar-refractivity contribution in [1.82, 2.24) is 0 Å². The van der Waals surface area contributed by atoms with Crippen LogP contribution in [0.3, 0.4) is 0 Å². The first-order valence-electron chi connectivity index (χ1n) is 7.09. The number of carboxylic acid groups (broad SMARTS) is 1. The molecule has 0 unspecified atom stereocenters. The van der Waals surface area contributed by atoms with Crippen molar-refractivity contribution in [3.8, 4) is 0 Å². The van der Waals surface area contributed by atoms with Gasteiger partial charge in [-0.05, 0) is 31.2 Å². The van der Waals surface area contributed by atoms with E-state index in [2.05, 4.69) is 24.3 Å². The van der Waals surface area contributed by atoms with Gasteiger partial charge in [0, 0.05) is 6.42 Å². The highest BCUT2D eigenvalue weighted by Crippen LogP contribution is 2.12. The zero-order valence-corrected chi connectivity index (χ0v) is 12.0. The first-order valence-corrected chi connectivity index (χ1v) is 7.09. The molecule has 1 aliphatic carbocycles. The molecule has 0 aromatic heterocycles. The van der Waals surface area contributed by atoms with Gasteiger partial charge in [0.15, 0.2) is 0 Å². The van der Waals surface area contributed by atoms with Gasteiger partial charge in [-0.25, -0.2) is 9.18 Å². The molecule has 2 rings (SSSR count). The second kappa shape index (κ2) is 9.08. The minimum absolute atomic E-state index is 0.316. The number of nitrogens with two attached hydrogens (primary N) is 1. The summed E-state index contributed by atoms with van der Waals surface area (Å²) >= 11 is 0. The van der Waals surface area contributed by atoms with Crippen LogP contribution in [0.1, 0.15) is 31.2 Å². The molecular weight excluding hydrogens is 269 g/mol. The number of alkyl halides is 1. The molecule has 0 amide bonds. The molecule has 0 radical (unpaired) electrons. The van der Waals surface area contributed by atoms with Crippen LogP contribution in [-0.4, -0.2) is 16.9 Å². The van der Waals surface area contributed by atoms with Gasteiger partial charge in [-0.2, -0.15) is 0 Å². The Kier molecular flexibility index (Phi) is 7.40. The van der Waals surface area contributed by atoms with Crippen LogP contribution >= 0.6 is 0 Å². The average molecular weight is 291 g/mol. The Hall–Kier alpha value is -1.94. The van der Waals surface area contributed by atoms with Crippen molar-refractivity contribution in [2.75, 3.05) is 0 Å². The molecule has 3 nitrogen and oxygen atoms in total. The molecule has 3 N–H and O–H groups in total. The second-order valence-corrected chi connectivity index (χ2v) is 4.97. The van der Waals surface area contributed by atoms with Crippen LogP contribution in [0, 0.1) is 0 Å². The van der Waals surface area contributed by atoms with E-state index in [1.54, 1.807) is 30.3 Å². The molecule has 1 aromatic rings. The Bertz CT molecular complexity index is 467. The lowest BCUT2D eigenvalue weighted by Crippen LogP contribution is -2.45. The molecule has 0 fully saturated rings. The fourth-order valence-corrected chi connectivity index (χ4v) is 1.84. The molecule has 1 aromatic carbocycles. The molecule has 0 saturated heterocycles. The normalized spacial score (nSPS) is 16.9. The third kappa shape index (κ3) is 7.42. The molecule has 21 heavy (non-hydrogen) atoms. The number of benzene rings is 1. The largest absolute Gasteiger partial charge is 0.478 e. The Morgan fingerprint density at radius 1 is 1.14 bits per heavy atom. The van der Waals surface area contributed by atoms with Crippen molar-refractivity contribution in [1.29, 1.82) is 0 Å². The zero-order chi connectivity index (χ0) is 15.6. The summed E-state index contributed by atoms with van der Waals surface area (Å²) in [6.07, 6.45) is 13.7. The molecule has 0 saturated carbocycles. The van der Waals surface area contributed by atoms with Gasteiger partial charge >= 0.3 is 5.97 Å². The SMILES string of the molecule is C1=CCCCCC=C1.N[C@@](F)(Cc1ccccc1)C(=O)O. The van der Waals surface area contributed by atoms with E-state index in [4.69, 9.17) is 10.8 Å². The first kappa shape index (κ1) is 17.1. The van der Waals surface area contributed by atoms with E-state index in [0.29, 0.717) is 5.56 Å². The van der Waals surface area contributed by atoms with Crippen molar-refractivity contribution in [2.24, 2.45) is 5.73 Å². The van der Waals surface area contributed by atoms with Crippen LogP contribution < -0.4 is 5.73 Å². The minimum Gasteiger partial charge on any atom is -0.478 e. The van der Waals surface area contributed by atoms with Gasteiger partial charge in [0.25, 0.3) is 5.79 Å². The van der Waals surface area contributed by atoms with E-state index in [9.17, 15) is 9.18 Å². The smallest absolute Gasteiger partial charge is 0.356 e. The number of carboxylic acids is 1. The number of rotatable bonds is 3. The summed E-state index contributed by atoms with van der Waals surface area (Å²) in [5, 5.41) is 8.40. The molecular formula is C17H22FNO2. The predicted octanol–water partition coefficient (Wildman–Crippen LogP) is 3.61. The van der Waals surface area contributed by atoms with Gasteiger partial charge in [0.1, 0.15) is 0 Å². The molecule has 0 aliphatic heterocycles. The number of hydrogen-bond donors (Lipinski definition) is 2. The highest BCUT2D eigenvalue weighted by atomic mass is 19.1. The van der Waals surface area contributed by atoms with E-state index in [1.165, 1.54) is 25.7 Å². The van der Waals surface area contributed by atoms with Crippen LogP contribution in [0.5, 0.6) is 0 Å². The molecule has 0 bridgehead atoms. The molecule has 0 spiro atoms. The fraction of sp³-hybridized carbons (Fsp3) is 0.353. The van der Waals surface area contributed by atoms with Crippen molar-refractivity contribution in [2.45, 2.75) is 37.9 Å². The lowest BCUT2D eigenvalue weighted by Gasteiger charge is -2.14. The van der Waals surface area contributed by atoms with E-state index >= 15 is 0 Å². The third-order valence-corrected chi connectivity index (χ3v) is 3.03. The predicted molar refractivity (Wildman–Crippen MR) is 82.6 cm³/mol. The van der Waals surface area contributed by atoms with Gasteiger partial charge in [0.2, 0.25) is 0 Å². The van der Waals surface area contributed by atoms with Gasteiger partial charge in [-0.3, -0.25) is 5.73 Å². The third-order valence-electron chi connectivity index (χ3n) is 3.03. The van der Waals surface area contributed by atoms with E-state index < -0.39 is 11.8 Å². The maximum absolute atomic E-state index is 13.1. The summed E-state index contributed by atoms with van der Waals surface area (Å²) in [4.78, 5) is 10.3. The Morgan fingerprint density at radius 3 is 2.14 bits per heavy atom. The Morgan fingerprint density at radius 2 is 1.67 bits per heavy atom. The quantitative estimate of drug-likeness (QED) is 0.836. The summed E-state index contributed by atoms with van der Waals surface area (Å²) < 4.78 is 13.1. The molecule has 4 heteroatoms. The molecule has 0 heterocycles. The summed E-state index contributed by atoms with van der Waals surface area (Å²) in [6.45, 7) is 0. The Balaban J connectivity index is 0.000000235. The molecule has 114 valence electrons. The number of aliphatic carboxylic acids is 1. The van der Waals surface area contributed by atoms with E-state index in [0.717, 1.165) is 0 Å². The standard InChI is InChI=1S/C9H10FNO2.C8H12/c10-9(11,8(12)13)6-7-4-2-1-3-5-7;1-2-4-6-8-7-5-3-1/h1-5H,6,11H2,(H,12,13);1-4H,5-8H2/t9-;/m0./s1. The summed E-state index contributed by atoms with van der Waals surface area (Å²) in [7, 11) is 0. The van der Waals surface area contributed by atoms with E-state index in [-0.39, 0.29) is 6.42 Å². The monoisotopic (exact) mass is 291 g/mol. The number of hydrogen-bond acceptors (Lipinski definition) is 2. The fourth-order valence-electron chi connectivity index (χ4n) is 1.84. The Labute approximate surface area is 125 Å². The van der Waals surface area contributed by atoms with Gasteiger partial charge in [-0.15, -0.1) is 0 Å². The molecule has 1 atom stereocenters. The van der Waals surface area contributed by atoms with Crippen molar-refractivity contribution in [3.63, 3.8) is 0 Å². The van der Waals surface area contributed by atoms with Crippen LogP contribution in [0.15, 0.2) is 54.6 Å². The highest BCUT2D eigenvalue weighted by Gasteiger charge is 2.33. The van der Waals surface area contributed by atoms with E-state index in [1.807, 2.05) is 0 Å². The number of halogens is 1. The van der Waals surface area contributed by atoms with Gasteiger partial charge in [0.05, 0.1) is 0 Å². The van der Waals surface area contributed by atoms with Gasteiger partial charge in [-0.1, -0.05) is 54.6 Å². The summed E-state index contributed by atoms with van der Waals surface area (Å²) in [6, 6.07) is 8.43. The zero-order valence-electron chi connectivity index (χ0n) is 12.0. The maximum atomic E-state index is 13.1. The summed E-state index contributed by atoms with van der Waals surface area (Å²) in [5.74, 6) is -4.32. The second-order valence-electron chi connectivity index (χ2n) is 4.97. The van der Waals surface area contributed by atoms with Crippen LogP contribution in [0.25, 0.3) is 0 Å². The topological polar surface area (TPSA) is 63.3 Å². The lowest BCUT2D eigenvalue weighted by molar-refractivity contribution is -0.150. The van der Waals surface area contributed by atoms with Crippen molar-refractivity contribution >= 4 is 5.97 Å². The number of allylic oxidation sites excluding steroid dienone is 4. The van der Waals surface area contributed by atoms with Crippen molar-refractivity contribution < 1.29 is 14.3 Å². The minimum atomic E-state index is -2.68. The van der Waals surface area contributed by atoms with Crippen LogP contribution in [0.2, 0.25) is 0 Å². The first-order chi connectivity index (χ1) is 10.0. The molecule has 1 aliphatic rings. The average Bonchev–Trinajstić information content (AvgIpc) is 2.39. The lowest BCUT2D eigenvalue weighted by atomic mass is 10.1. The van der Waals surface area contributed by atoms with Gasteiger partial charge < -0.3 is 5.11 Å². The maximum Gasteiger partial charge on any atom is 0.356 e. The highest BCUT2D eigenvalue weighted by molar-refractivity contribution is 5.76. The van der Waals surface area contributed by atoms with Crippen LogP contribution in [0.4, 0.5) is 4.39 Å². The number of carbonyl (C=O) groups is 1. The van der Waals surface area contributed by atoms with Crippen molar-refractivity contribution in [3.05, 3.63) is 60.2 Å². The summed E-state index contributed by atoms with van der Waals surface area (Å²) in [5.41, 5.74) is 5.49. The van der Waals surface area contributed by atoms with Crippen LogP contribution in [-0.2, 0) is 11.2 Å².